The summed E-state index contributed by atoms with van der Waals surface area (Å²) in [6.45, 7) is 3.65. The van der Waals surface area contributed by atoms with E-state index in [1.165, 1.54) is 31.2 Å². The Morgan fingerprint density at radius 2 is 1.81 bits per heavy atom. The first-order valence-corrected chi connectivity index (χ1v) is 9.44. The zero-order valence-corrected chi connectivity index (χ0v) is 16.8. The summed E-state index contributed by atoms with van der Waals surface area (Å²) in [4.78, 5) is 49.7. The smallest absolute Gasteiger partial charge is 0.344 e. The lowest BCUT2D eigenvalue weighted by molar-refractivity contribution is -0.144. The maximum atomic E-state index is 13.0. The van der Waals surface area contributed by atoms with Crippen LogP contribution in [0.2, 0.25) is 0 Å². The molecule has 9 heteroatoms. The lowest BCUT2D eigenvalue weighted by Gasteiger charge is -2.26. The average molecular weight is 424 g/mol. The van der Waals surface area contributed by atoms with E-state index in [4.69, 9.17) is 14.6 Å². The van der Waals surface area contributed by atoms with Gasteiger partial charge in [-0.15, -0.1) is 0 Å². The van der Waals surface area contributed by atoms with Crippen molar-refractivity contribution in [2.45, 2.75) is 20.0 Å². The summed E-state index contributed by atoms with van der Waals surface area (Å²) in [6, 6.07) is 11.8. The maximum Gasteiger partial charge on any atom is 0.344 e. The van der Waals surface area contributed by atoms with Crippen molar-refractivity contribution in [2.24, 2.45) is 0 Å². The van der Waals surface area contributed by atoms with E-state index in [0.29, 0.717) is 17.9 Å². The SMILES string of the molecule is CCOc1ccc(N2C(=O)NC(=O)/C(=C/c3ccccc3O[C@H](C)C(=O)O)C2=O)cc1. The Kier molecular flexibility index (Phi) is 6.35. The molecule has 0 spiro atoms. The van der Waals surface area contributed by atoms with Gasteiger partial charge in [0.1, 0.15) is 17.1 Å². The molecule has 0 saturated carbocycles. The number of imide groups is 2. The highest BCUT2D eigenvalue weighted by atomic mass is 16.5. The molecule has 2 aromatic rings. The normalized spacial score (nSPS) is 16.1. The number of carboxylic acids is 1. The summed E-state index contributed by atoms with van der Waals surface area (Å²) in [6.07, 6.45) is 0.118. The highest BCUT2D eigenvalue weighted by Crippen LogP contribution is 2.27. The number of carbonyl (C=O) groups is 4. The monoisotopic (exact) mass is 424 g/mol. The van der Waals surface area contributed by atoms with E-state index in [1.807, 2.05) is 6.92 Å². The largest absolute Gasteiger partial charge is 0.494 e. The first-order chi connectivity index (χ1) is 14.8. The Bertz CT molecular complexity index is 1060. The Hall–Kier alpha value is -4.14. The molecule has 2 aromatic carbocycles. The molecule has 2 N–H and O–H groups in total. The number of urea groups is 1. The molecule has 0 radical (unpaired) electrons. The molecule has 4 amide bonds. The summed E-state index contributed by atoms with van der Waals surface area (Å²) < 4.78 is 10.8. The van der Waals surface area contributed by atoms with Gasteiger partial charge in [0.05, 0.1) is 12.3 Å². The van der Waals surface area contributed by atoms with Gasteiger partial charge < -0.3 is 14.6 Å². The van der Waals surface area contributed by atoms with Gasteiger partial charge in [0.25, 0.3) is 11.8 Å². The second kappa shape index (κ2) is 9.12. The van der Waals surface area contributed by atoms with Crippen molar-refractivity contribution in [3.8, 4) is 11.5 Å². The van der Waals surface area contributed by atoms with Gasteiger partial charge >= 0.3 is 12.0 Å². The van der Waals surface area contributed by atoms with Crippen LogP contribution in [0.4, 0.5) is 10.5 Å². The number of carboxylic acid groups (broad SMARTS) is 1. The van der Waals surface area contributed by atoms with E-state index in [0.717, 1.165) is 4.90 Å². The minimum atomic E-state index is -1.17. The minimum Gasteiger partial charge on any atom is -0.494 e. The van der Waals surface area contributed by atoms with Crippen LogP contribution in [-0.4, -0.2) is 41.6 Å². The predicted molar refractivity (Wildman–Crippen MR) is 111 cm³/mol. The highest BCUT2D eigenvalue weighted by Gasteiger charge is 2.37. The van der Waals surface area contributed by atoms with E-state index in [-0.39, 0.29) is 17.0 Å². The number of hydrogen-bond acceptors (Lipinski definition) is 6. The number of barbiturate groups is 1. The lowest BCUT2D eigenvalue weighted by atomic mass is 10.1. The molecule has 1 saturated heterocycles. The molecule has 31 heavy (non-hydrogen) atoms. The molecular formula is C22H20N2O7. The fraction of sp³-hybridized carbons (Fsp3) is 0.182. The molecule has 1 fully saturated rings. The first kappa shape index (κ1) is 21.6. The van der Waals surface area contributed by atoms with Gasteiger partial charge in [0, 0.05) is 5.56 Å². The molecule has 1 heterocycles. The number of amides is 4. The number of rotatable bonds is 7. The van der Waals surface area contributed by atoms with Gasteiger partial charge in [0.15, 0.2) is 6.10 Å². The summed E-state index contributed by atoms with van der Waals surface area (Å²) >= 11 is 0. The quantitative estimate of drug-likeness (QED) is 0.517. The molecule has 160 valence electrons. The molecule has 9 nitrogen and oxygen atoms in total. The topological polar surface area (TPSA) is 122 Å². The standard InChI is InChI=1S/C22H20N2O7/c1-3-30-16-10-8-15(9-11-16)24-20(26)17(19(25)23-22(24)29)12-14-6-4-5-7-18(14)31-13(2)21(27)28/h4-13H,3H2,1-2H3,(H,27,28)(H,23,25,29)/b17-12-/t13-/m1/s1. The van der Waals surface area contributed by atoms with Crippen molar-refractivity contribution in [1.82, 2.24) is 5.32 Å². The second-order valence-electron chi connectivity index (χ2n) is 6.52. The Labute approximate surface area is 177 Å². The Balaban J connectivity index is 1.95. The van der Waals surface area contributed by atoms with Gasteiger partial charge in [-0.25, -0.2) is 14.5 Å². The third-order valence-corrected chi connectivity index (χ3v) is 4.38. The molecular weight excluding hydrogens is 404 g/mol. The van der Waals surface area contributed by atoms with Crippen LogP contribution < -0.4 is 19.7 Å². The molecule has 0 unspecified atom stereocenters. The molecule has 1 atom stereocenters. The number of aliphatic carboxylic acids is 1. The van der Waals surface area contributed by atoms with E-state index < -0.39 is 29.9 Å². The third kappa shape index (κ3) is 4.72. The molecule has 0 aliphatic carbocycles. The summed E-state index contributed by atoms with van der Waals surface area (Å²) in [5, 5.41) is 11.2. The fourth-order valence-corrected chi connectivity index (χ4v) is 2.85. The first-order valence-electron chi connectivity index (χ1n) is 9.44. The van der Waals surface area contributed by atoms with Crippen LogP contribution in [0, 0.1) is 0 Å². The number of nitrogens with zero attached hydrogens (tertiary/aromatic N) is 1. The number of ether oxygens (including phenoxy) is 2. The number of benzene rings is 2. The van der Waals surface area contributed by atoms with Crippen LogP contribution in [0.1, 0.15) is 19.4 Å². The van der Waals surface area contributed by atoms with Crippen LogP contribution in [0.3, 0.4) is 0 Å². The van der Waals surface area contributed by atoms with Crippen LogP contribution in [0.5, 0.6) is 11.5 Å². The van der Waals surface area contributed by atoms with Crippen molar-refractivity contribution in [1.29, 1.82) is 0 Å². The summed E-state index contributed by atoms with van der Waals surface area (Å²) in [7, 11) is 0. The summed E-state index contributed by atoms with van der Waals surface area (Å²) in [5.74, 6) is -2.10. The zero-order chi connectivity index (χ0) is 22.5. The minimum absolute atomic E-state index is 0.176. The van der Waals surface area contributed by atoms with Gasteiger partial charge in [-0.05, 0) is 50.3 Å². The van der Waals surface area contributed by atoms with Crippen molar-refractivity contribution in [2.75, 3.05) is 11.5 Å². The number of hydrogen-bond donors (Lipinski definition) is 2. The predicted octanol–water partition coefficient (Wildman–Crippen LogP) is 2.60. The van der Waals surface area contributed by atoms with Crippen molar-refractivity contribution in [3.63, 3.8) is 0 Å². The van der Waals surface area contributed by atoms with E-state index in [2.05, 4.69) is 5.32 Å². The highest BCUT2D eigenvalue weighted by molar-refractivity contribution is 6.39. The van der Waals surface area contributed by atoms with Crippen molar-refractivity contribution >= 4 is 35.6 Å². The number of carbonyl (C=O) groups excluding carboxylic acids is 3. The average Bonchev–Trinajstić information content (AvgIpc) is 2.73. The van der Waals surface area contributed by atoms with Gasteiger partial charge in [-0.2, -0.15) is 0 Å². The van der Waals surface area contributed by atoms with Gasteiger partial charge in [-0.3, -0.25) is 14.9 Å². The summed E-state index contributed by atoms with van der Waals surface area (Å²) in [5.41, 5.74) is 0.274. The zero-order valence-electron chi connectivity index (χ0n) is 16.8. The number of para-hydroxylation sites is 1. The molecule has 0 bridgehead atoms. The van der Waals surface area contributed by atoms with Crippen LogP contribution >= 0.6 is 0 Å². The number of anilines is 1. The van der Waals surface area contributed by atoms with Crippen LogP contribution in [-0.2, 0) is 14.4 Å². The molecule has 3 rings (SSSR count). The van der Waals surface area contributed by atoms with Crippen molar-refractivity contribution in [3.05, 3.63) is 59.7 Å². The van der Waals surface area contributed by atoms with Gasteiger partial charge in [-0.1, -0.05) is 18.2 Å². The third-order valence-electron chi connectivity index (χ3n) is 4.38. The molecule has 1 aliphatic rings. The molecule has 0 aromatic heterocycles. The number of nitrogens with one attached hydrogen (secondary N) is 1. The second-order valence-corrected chi connectivity index (χ2v) is 6.52. The van der Waals surface area contributed by atoms with E-state index >= 15 is 0 Å². The fourth-order valence-electron chi connectivity index (χ4n) is 2.85. The van der Waals surface area contributed by atoms with E-state index in [9.17, 15) is 19.2 Å². The molecule has 1 aliphatic heterocycles. The Morgan fingerprint density at radius 1 is 1.13 bits per heavy atom. The lowest BCUT2D eigenvalue weighted by Crippen LogP contribution is -2.54. The van der Waals surface area contributed by atoms with Gasteiger partial charge in [0.2, 0.25) is 0 Å². The maximum absolute atomic E-state index is 13.0. The van der Waals surface area contributed by atoms with Crippen LogP contribution in [0.15, 0.2) is 54.1 Å². The Morgan fingerprint density at radius 3 is 2.45 bits per heavy atom. The van der Waals surface area contributed by atoms with Crippen LogP contribution in [0.25, 0.3) is 6.08 Å². The van der Waals surface area contributed by atoms with Crippen molar-refractivity contribution < 1.29 is 33.8 Å². The van der Waals surface area contributed by atoms with E-state index in [1.54, 1.807) is 30.3 Å².